The van der Waals surface area contributed by atoms with Crippen LogP contribution in [0.1, 0.15) is 25.3 Å². The predicted octanol–water partition coefficient (Wildman–Crippen LogP) is 3.81. The van der Waals surface area contributed by atoms with E-state index in [1.54, 1.807) is 0 Å². The number of amides is 1. The van der Waals surface area contributed by atoms with Gasteiger partial charge in [0.05, 0.1) is 10.8 Å². The molecule has 3 heterocycles. The molecule has 0 saturated heterocycles. The third kappa shape index (κ3) is 3.52. The molecule has 0 saturated carbocycles. The Kier molecular flexibility index (Phi) is 5.04. The summed E-state index contributed by atoms with van der Waals surface area (Å²) >= 11 is 2.82. The Hall–Kier alpha value is -2.52. The lowest BCUT2D eigenvalue weighted by atomic mass is 10.2. The van der Waals surface area contributed by atoms with Crippen molar-refractivity contribution in [3.8, 4) is 0 Å². The lowest BCUT2D eigenvalue weighted by Gasteiger charge is -2.12. The van der Waals surface area contributed by atoms with Crippen LogP contribution < -0.4 is 5.32 Å². The number of thioether (sulfide) groups is 1. The third-order valence-electron chi connectivity index (χ3n) is 4.16. The van der Waals surface area contributed by atoms with Crippen molar-refractivity contribution in [3.05, 3.63) is 41.4 Å². The first-order chi connectivity index (χ1) is 13.2. The van der Waals surface area contributed by atoms with Crippen LogP contribution in [0.25, 0.3) is 16.6 Å². The molecule has 0 radical (unpaired) electrons. The third-order valence-corrected chi connectivity index (χ3v) is 6.45. The molecule has 1 unspecified atom stereocenters. The Balaban J connectivity index is 1.61. The highest BCUT2D eigenvalue weighted by Gasteiger charge is 2.22. The molecule has 1 N–H and O–H groups in total. The Morgan fingerprint density at radius 3 is 2.78 bits per heavy atom. The first-order valence-corrected chi connectivity index (χ1v) is 10.4. The fraction of sp³-hybridized carbons (Fsp3) is 0.278. The average molecular weight is 399 g/mol. The molecule has 0 bridgehead atoms. The first-order valence-electron chi connectivity index (χ1n) is 8.72. The van der Waals surface area contributed by atoms with Gasteiger partial charge in [-0.15, -0.1) is 20.4 Å². The van der Waals surface area contributed by atoms with Crippen LogP contribution in [0.15, 0.2) is 41.6 Å². The summed E-state index contributed by atoms with van der Waals surface area (Å²) in [5, 5.41) is 22.5. The molecule has 4 rings (SSSR count). The van der Waals surface area contributed by atoms with Crippen molar-refractivity contribution < 1.29 is 4.79 Å². The maximum Gasteiger partial charge on any atom is 0.239 e. The zero-order valence-electron chi connectivity index (χ0n) is 14.9. The molecule has 1 aromatic carbocycles. The lowest BCUT2D eigenvalue weighted by molar-refractivity contribution is -0.115. The number of carbonyl (C=O) groups is 1. The van der Waals surface area contributed by atoms with Crippen molar-refractivity contribution in [2.24, 2.45) is 0 Å². The summed E-state index contributed by atoms with van der Waals surface area (Å²) in [5.41, 5.74) is 1.79. The number of benzene rings is 1. The molecule has 7 nitrogen and oxygen atoms in total. The minimum atomic E-state index is -0.301. The van der Waals surface area contributed by atoms with Gasteiger partial charge in [-0.1, -0.05) is 55.1 Å². The van der Waals surface area contributed by atoms with Crippen LogP contribution in [0.3, 0.4) is 0 Å². The minimum Gasteiger partial charge on any atom is -0.300 e. The lowest BCUT2D eigenvalue weighted by Crippen LogP contribution is -2.24. The molecule has 1 atom stereocenters. The Morgan fingerprint density at radius 1 is 1.15 bits per heavy atom. The second kappa shape index (κ2) is 7.61. The smallest absolute Gasteiger partial charge is 0.239 e. The minimum absolute atomic E-state index is 0.0988. The van der Waals surface area contributed by atoms with E-state index in [0.717, 1.165) is 28.0 Å². The van der Waals surface area contributed by atoms with E-state index in [4.69, 9.17) is 0 Å². The van der Waals surface area contributed by atoms with E-state index >= 15 is 0 Å². The Morgan fingerprint density at radius 2 is 2.00 bits per heavy atom. The van der Waals surface area contributed by atoms with E-state index in [9.17, 15) is 4.79 Å². The summed E-state index contributed by atoms with van der Waals surface area (Å²) in [4.78, 5) is 12.7. The first kappa shape index (κ1) is 17.9. The highest BCUT2D eigenvalue weighted by Crippen LogP contribution is 2.28. The van der Waals surface area contributed by atoms with Gasteiger partial charge in [-0.3, -0.25) is 14.5 Å². The monoisotopic (exact) mass is 398 g/mol. The van der Waals surface area contributed by atoms with Gasteiger partial charge in [-0.25, -0.2) is 0 Å². The van der Waals surface area contributed by atoms with E-state index in [2.05, 4.69) is 25.7 Å². The second-order valence-electron chi connectivity index (χ2n) is 5.93. The number of carbonyl (C=O) groups excluding carboxylic acids is 1. The largest absolute Gasteiger partial charge is 0.300 e. The van der Waals surface area contributed by atoms with Gasteiger partial charge in [0.1, 0.15) is 5.01 Å². The van der Waals surface area contributed by atoms with Crippen LogP contribution in [-0.4, -0.2) is 36.0 Å². The molecular weight excluding hydrogens is 380 g/mol. The fourth-order valence-corrected chi connectivity index (χ4v) is 4.43. The van der Waals surface area contributed by atoms with Crippen LogP contribution in [0.2, 0.25) is 0 Å². The summed E-state index contributed by atoms with van der Waals surface area (Å²) in [6, 6.07) is 12.0. The molecule has 27 heavy (non-hydrogen) atoms. The number of rotatable bonds is 6. The highest BCUT2D eigenvalue weighted by atomic mass is 32.2. The molecule has 0 aliphatic heterocycles. The van der Waals surface area contributed by atoms with Gasteiger partial charge in [0.25, 0.3) is 0 Å². The van der Waals surface area contributed by atoms with Gasteiger partial charge in [-0.2, -0.15) is 0 Å². The van der Waals surface area contributed by atoms with Gasteiger partial charge in [-0.05, 0) is 36.4 Å². The second-order valence-corrected chi connectivity index (χ2v) is 8.16. The number of pyridine rings is 1. The molecule has 0 aliphatic rings. The van der Waals surface area contributed by atoms with E-state index in [1.807, 2.05) is 54.6 Å². The molecule has 0 fully saturated rings. The van der Waals surface area contributed by atoms with Crippen molar-refractivity contribution in [1.29, 1.82) is 0 Å². The van der Waals surface area contributed by atoms with Crippen LogP contribution in [0.5, 0.6) is 0 Å². The molecule has 1 amide bonds. The van der Waals surface area contributed by atoms with E-state index < -0.39 is 0 Å². The highest BCUT2D eigenvalue weighted by molar-refractivity contribution is 8.00. The Labute approximate surface area is 164 Å². The SMILES string of the molecule is CCc1nnc(NC(=O)C(CC)Sc2nnc3ccc4ccccc4n23)s1. The van der Waals surface area contributed by atoms with Crippen molar-refractivity contribution in [1.82, 2.24) is 24.8 Å². The van der Waals surface area contributed by atoms with Gasteiger partial charge in [0, 0.05) is 0 Å². The topological polar surface area (TPSA) is 85.1 Å². The number of aryl methyl sites for hydroxylation is 1. The number of aromatic nitrogens is 5. The number of nitrogens with one attached hydrogen (secondary N) is 1. The Bertz CT molecular complexity index is 1110. The van der Waals surface area contributed by atoms with Crippen LogP contribution in [0.4, 0.5) is 5.13 Å². The predicted molar refractivity (Wildman–Crippen MR) is 108 cm³/mol. The summed E-state index contributed by atoms with van der Waals surface area (Å²) in [6.45, 7) is 3.99. The summed E-state index contributed by atoms with van der Waals surface area (Å²) in [5.74, 6) is -0.0988. The zero-order chi connectivity index (χ0) is 18.8. The van der Waals surface area contributed by atoms with Gasteiger partial charge < -0.3 is 0 Å². The molecule has 0 aliphatic carbocycles. The number of nitrogens with zero attached hydrogens (tertiary/aromatic N) is 5. The maximum atomic E-state index is 12.7. The van der Waals surface area contributed by atoms with Crippen LogP contribution in [-0.2, 0) is 11.2 Å². The van der Waals surface area contributed by atoms with Crippen molar-refractivity contribution in [3.63, 3.8) is 0 Å². The summed E-state index contributed by atoms with van der Waals surface area (Å²) < 4.78 is 2.00. The van der Waals surface area contributed by atoms with E-state index in [0.29, 0.717) is 16.7 Å². The molecular formula is C18H18N6OS2. The van der Waals surface area contributed by atoms with Gasteiger partial charge in [0.2, 0.25) is 11.0 Å². The summed E-state index contributed by atoms with van der Waals surface area (Å²) in [7, 11) is 0. The number of hydrogen-bond acceptors (Lipinski definition) is 7. The molecule has 4 aromatic rings. The van der Waals surface area contributed by atoms with E-state index in [1.165, 1.54) is 23.1 Å². The number of anilines is 1. The number of para-hydroxylation sites is 1. The zero-order valence-corrected chi connectivity index (χ0v) is 16.5. The van der Waals surface area contributed by atoms with E-state index in [-0.39, 0.29) is 11.2 Å². The fourth-order valence-electron chi connectivity index (χ4n) is 2.77. The molecule has 138 valence electrons. The maximum absolute atomic E-state index is 12.7. The molecule has 3 aromatic heterocycles. The van der Waals surface area contributed by atoms with Crippen LogP contribution in [0, 0.1) is 0 Å². The standard InChI is InChI=1S/C18H18N6OS2/c1-3-13(16(25)19-17-22-21-15(4-2)27-17)26-18-23-20-14-10-9-11-7-5-6-8-12(11)24(14)18/h5-10,13H,3-4H2,1-2H3,(H,19,22,25). The van der Waals surface area contributed by atoms with Gasteiger partial charge in [0.15, 0.2) is 10.8 Å². The van der Waals surface area contributed by atoms with Crippen molar-refractivity contribution in [2.75, 3.05) is 5.32 Å². The van der Waals surface area contributed by atoms with Crippen molar-refractivity contribution in [2.45, 2.75) is 37.1 Å². The molecule has 0 spiro atoms. The number of hydrogen-bond donors (Lipinski definition) is 1. The van der Waals surface area contributed by atoms with Crippen LogP contribution >= 0.6 is 23.1 Å². The number of fused-ring (bicyclic) bond motifs is 3. The van der Waals surface area contributed by atoms with Gasteiger partial charge >= 0.3 is 0 Å². The quantitative estimate of drug-likeness (QED) is 0.497. The van der Waals surface area contributed by atoms with Crippen molar-refractivity contribution >= 4 is 50.7 Å². The normalized spacial score (nSPS) is 12.5. The molecule has 9 heteroatoms. The average Bonchev–Trinajstić information content (AvgIpc) is 3.32. The summed E-state index contributed by atoms with van der Waals surface area (Å²) in [6.07, 6.45) is 1.47.